The van der Waals surface area contributed by atoms with Gasteiger partial charge in [0.1, 0.15) is 0 Å². The number of fused-ring (bicyclic) bond motifs is 1. The van der Waals surface area contributed by atoms with Crippen molar-refractivity contribution in [3.05, 3.63) is 59.2 Å². The molecule has 0 N–H and O–H groups in total. The molecular formula is C19H16N2O2S7. The number of hydrogen-bond acceptors (Lipinski definition) is 9. The lowest BCUT2D eigenvalue weighted by Crippen LogP contribution is -2.10. The van der Waals surface area contributed by atoms with Crippen LogP contribution in [0.1, 0.15) is 12.0 Å². The molecule has 30 heavy (non-hydrogen) atoms. The summed E-state index contributed by atoms with van der Waals surface area (Å²) >= 11 is 10.3. The molecule has 2 aliphatic rings. The quantitative estimate of drug-likeness (QED) is 0.370. The second-order valence-electron chi connectivity index (χ2n) is 6.15. The third-order valence-corrected chi connectivity index (χ3v) is 14.1. The molecular weight excluding hydrogens is 513 g/mol. The highest BCUT2D eigenvalue weighted by Gasteiger charge is 2.31. The van der Waals surface area contributed by atoms with Crippen LogP contribution in [-0.2, 0) is 10.0 Å². The van der Waals surface area contributed by atoms with Crippen LogP contribution in [0.3, 0.4) is 0 Å². The van der Waals surface area contributed by atoms with Gasteiger partial charge in [0.15, 0.2) is 0 Å². The molecule has 0 spiro atoms. The zero-order chi connectivity index (χ0) is 21.3. The highest BCUT2D eigenvalue weighted by Crippen LogP contribution is 2.64. The zero-order valence-corrected chi connectivity index (χ0v) is 21.7. The molecule has 3 heterocycles. The molecule has 0 atom stereocenters. The number of aromatic nitrogens is 1. The summed E-state index contributed by atoms with van der Waals surface area (Å²) < 4.78 is 32.1. The highest BCUT2D eigenvalue weighted by molar-refractivity contribution is 8.42. The van der Waals surface area contributed by atoms with Gasteiger partial charge in [-0.3, -0.25) is 0 Å². The second-order valence-corrected chi connectivity index (χ2v) is 15.1. The van der Waals surface area contributed by atoms with E-state index in [4.69, 9.17) is 5.26 Å². The van der Waals surface area contributed by atoms with Crippen LogP contribution in [-0.4, -0.2) is 24.4 Å². The van der Waals surface area contributed by atoms with Crippen LogP contribution in [0.4, 0.5) is 0 Å². The fraction of sp³-hybridized carbons (Fsp3) is 0.211. The Morgan fingerprint density at radius 3 is 2.20 bits per heavy atom. The van der Waals surface area contributed by atoms with E-state index in [1.807, 2.05) is 19.1 Å². The van der Waals surface area contributed by atoms with E-state index in [9.17, 15) is 8.42 Å². The molecule has 1 aromatic heterocycles. The minimum absolute atomic E-state index is 0.296. The maximum absolute atomic E-state index is 12.9. The van der Waals surface area contributed by atoms with Crippen molar-refractivity contribution < 1.29 is 8.42 Å². The van der Waals surface area contributed by atoms with Gasteiger partial charge in [-0.1, -0.05) is 64.7 Å². The fourth-order valence-corrected chi connectivity index (χ4v) is 12.1. The van der Waals surface area contributed by atoms with Crippen molar-refractivity contribution in [1.82, 2.24) is 3.97 Å². The van der Waals surface area contributed by atoms with Crippen molar-refractivity contribution in [2.24, 2.45) is 0 Å². The Morgan fingerprint density at radius 2 is 1.60 bits per heavy atom. The van der Waals surface area contributed by atoms with Gasteiger partial charge in [0.05, 0.1) is 27.9 Å². The Hall–Kier alpha value is -0.480. The first kappa shape index (κ1) is 22.7. The Kier molecular flexibility index (Phi) is 7.24. The van der Waals surface area contributed by atoms with Crippen LogP contribution in [0.2, 0.25) is 0 Å². The third kappa shape index (κ3) is 4.65. The van der Waals surface area contributed by atoms with E-state index in [-0.39, 0.29) is 0 Å². The number of benzene rings is 1. The lowest BCUT2D eigenvalue weighted by molar-refractivity contribution is 0.587. The topological polar surface area (TPSA) is 62.9 Å². The van der Waals surface area contributed by atoms with Gasteiger partial charge in [-0.2, -0.15) is 5.26 Å². The van der Waals surface area contributed by atoms with E-state index in [1.54, 1.807) is 95.1 Å². The molecule has 0 bridgehead atoms. The second kappa shape index (κ2) is 9.57. The Balaban J connectivity index is 1.51. The van der Waals surface area contributed by atoms with Gasteiger partial charge >= 0.3 is 0 Å². The first-order valence-corrected chi connectivity index (χ1v) is 15.6. The Morgan fingerprint density at radius 1 is 1.00 bits per heavy atom. The molecule has 156 valence electrons. The smallest absolute Gasteiger partial charge is 0.247 e. The van der Waals surface area contributed by atoms with Gasteiger partial charge < -0.3 is 0 Å². The maximum atomic E-state index is 12.9. The number of nitrogens with zero attached hydrogens (tertiary/aromatic N) is 2. The maximum Gasteiger partial charge on any atom is 0.267 e. The molecule has 0 fully saturated rings. The number of rotatable bonds is 6. The monoisotopic (exact) mass is 528 g/mol. The van der Waals surface area contributed by atoms with E-state index >= 15 is 0 Å². The van der Waals surface area contributed by atoms with E-state index in [1.165, 1.54) is 20.9 Å². The number of hydrogen-bond donors (Lipinski definition) is 0. The van der Waals surface area contributed by atoms with Crippen LogP contribution in [0.25, 0.3) is 0 Å². The summed E-state index contributed by atoms with van der Waals surface area (Å²) in [6.45, 7) is 1.94. The normalized spacial score (nSPS) is 16.3. The Bertz CT molecular complexity index is 1160. The molecule has 0 saturated carbocycles. The van der Waals surface area contributed by atoms with E-state index in [0.29, 0.717) is 11.3 Å². The van der Waals surface area contributed by atoms with Gasteiger partial charge in [0.25, 0.3) is 10.0 Å². The molecule has 0 amide bonds. The molecule has 1 aromatic carbocycles. The third-order valence-electron chi connectivity index (χ3n) is 4.07. The predicted octanol–water partition coefficient (Wildman–Crippen LogP) is 6.97. The number of aryl methyl sites for hydroxylation is 1. The van der Waals surface area contributed by atoms with Crippen molar-refractivity contribution in [3.8, 4) is 6.07 Å². The molecule has 0 unspecified atom stereocenters. The van der Waals surface area contributed by atoms with Crippen LogP contribution in [0.15, 0.2) is 68.3 Å². The number of nitriles is 1. The zero-order valence-electron chi connectivity index (χ0n) is 15.9. The lowest BCUT2D eigenvalue weighted by Gasteiger charge is -2.07. The van der Waals surface area contributed by atoms with Gasteiger partial charge in [-0.15, -0.1) is 23.5 Å². The fourth-order valence-electron chi connectivity index (χ4n) is 2.58. The molecule has 0 aliphatic carbocycles. The molecule has 0 radical (unpaired) electrons. The van der Waals surface area contributed by atoms with Crippen LogP contribution in [0, 0.1) is 18.3 Å². The van der Waals surface area contributed by atoms with E-state index in [0.717, 1.165) is 21.1 Å². The van der Waals surface area contributed by atoms with Crippen molar-refractivity contribution in [1.29, 1.82) is 5.26 Å². The summed E-state index contributed by atoms with van der Waals surface area (Å²) in [4.78, 5) is 2.23. The minimum atomic E-state index is -3.58. The summed E-state index contributed by atoms with van der Waals surface area (Å²) in [7, 11) is -3.58. The van der Waals surface area contributed by atoms with Crippen LogP contribution < -0.4 is 0 Å². The van der Waals surface area contributed by atoms with Gasteiger partial charge in [0.2, 0.25) is 0 Å². The van der Waals surface area contributed by atoms with Gasteiger partial charge in [0, 0.05) is 34.4 Å². The largest absolute Gasteiger partial charge is 0.267 e. The standard InChI is InChI=1S/C19H16N2O2S7/c1-12-4-6-13(7-5-12)30(22,23)21-10-14-15(11-21)27-18(26-14)19-28-16(24-2)17(29-19)25-9-3-8-20/h4-7,10-11H,3,9H2,1-2H3. The van der Waals surface area contributed by atoms with Crippen molar-refractivity contribution in [2.45, 2.75) is 28.0 Å². The molecule has 11 heteroatoms. The summed E-state index contributed by atoms with van der Waals surface area (Å²) in [5.74, 6) is 0.800. The first-order valence-electron chi connectivity index (χ1n) is 8.70. The number of thioether (sulfide) groups is 6. The van der Waals surface area contributed by atoms with E-state index < -0.39 is 10.0 Å². The summed E-state index contributed by atoms with van der Waals surface area (Å²) in [5, 5.41) is 8.77. The molecule has 2 aliphatic heterocycles. The van der Waals surface area contributed by atoms with Crippen molar-refractivity contribution in [3.63, 3.8) is 0 Å². The Labute approximate surface area is 202 Å². The highest BCUT2D eigenvalue weighted by atomic mass is 32.3. The molecule has 2 aromatic rings. The predicted molar refractivity (Wildman–Crippen MR) is 135 cm³/mol. The average Bonchev–Trinajstić information content (AvgIpc) is 3.41. The first-order chi connectivity index (χ1) is 14.4. The summed E-state index contributed by atoms with van der Waals surface area (Å²) in [6.07, 6.45) is 6.04. The van der Waals surface area contributed by atoms with Crippen molar-refractivity contribution >= 4 is 80.6 Å². The lowest BCUT2D eigenvalue weighted by atomic mass is 10.2. The molecule has 4 nitrogen and oxygen atoms in total. The SMILES string of the molecule is CSC1=C(SCCC#N)SC(=C2Sc3cn(S(=O)(=O)c4ccc(C)cc4)cc3S2)S1. The van der Waals surface area contributed by atoms with Crippen LogP contribution in [0.5, 0.6) is 0 Å². The average molecular weight is 529 g/mol. The molecule has 4 rings (SSSR count). The summed E-state index contributed by atoms with van der Waals surface area (Å²) in [5.41, 5.74) is 1.03. The van der Waals surface area contributed by atoms with Crippen molar-refractivity contribution in [2.75, 3.05) is 12.0 Å². The minimum Gasteiger partial charge on any atom is -0.247 e. The van der Waals surface area contributed by atoms with Gasteiger partial charge in [-0.05, 0) is 25.3 Å². The molecule has 0 saturated heterocycles. The summed E-state index contributed by atoms with van der Waals surface area (Å²) in [6, 6.07) is 9.12. The van der Waals surface area contributed by atoms with E-state index in [2.05, 4.69) is 12.3 Å². The van der Waals surface area contributed by atoms with Crippen LogP contribution >= 0.6 is 70.6 Å². The van der Waals surface area contributed by atoms with Gasteiger partial charge in [-0.25, -0.2) is 12.4 Å².